The van der Waals surface area contributed by atoms with Gasteiger partial charge in [-0.1, -0.05) is 181 Å². The molecule has 3 nitrogen and oxygen atoms in total. The molecule has 0 aromatic carbocycles. The van der Waals surface area contributed by atoms with Gasteiger partial charge in [0.1, 0.15) is 6.10 Å². The summed E-state index contributed by atoms with van der Waals surface area (Å²) < 4.78 is 17.1. The SMILES string of the molecule is CCCCCCCCCCCCCCCCOCC(COBr)OCCCCCCCCCCCCCCCC. The van der Waals surface area contributed by atoms with Gasteiger partial charge in [0.25, 0.3) is 0 Å². The molecule has 1 unspecified atom stereocenters. The van der Waals surface area contributed by atoms with Crippen LogP contribution in [0.1, 0.15) is 194 Å². The van der Waals surface area contributed by atoms with Gasteiger partial charge in [0.05, 0.1) is 29.5 Å². The van der Waals surface area contributed by atoms with E-state index >= 15 is 0 Å². The predicted molar refractivity (Wildman–Crippen MR) is 176 cm³/mol. The van der Waals surface area contributed by atoms with Crippen LogP contribution in [0.4, 0.5) is 0 Å². The fraction of sp³-hybridized carbons (Fsp3) is 1.00. The first-order chi connectivity index (χ1) is 19.3. The van der Waals surface area contributed by atoms with Crippen molar-refractivity contribution in [1.29, 1.82) is 0 Å². The molecule has 0 N–H and O–H groups in total. The molecule has 236 valence electrons. The molecule has 0 aromatic heterocycles. The van der Waals surface area contributed by atoms with E-state index in [1.54, 1.807) is 0 Å². The number of ether oxygens (including phenoxy) is 2. The average Bonchev–Trinajstić information content (AvgIpc) is 2.94. The van der Waals surface area contributed by atoms with Crippen LogP contribution < -0.4 is 0 Å². The molecular weight excluding hydrogens is 548 g/mol. The van der Waals surface area contributed by atoms with Gasteiger partial charge in [-0.2, -0.15) is 0 Å². The fourth-order valence-corrected chi connectivity index (χ4v) is 5.67. The normalized spacial score (nSPS) is 12.4. The largest absolute Gasteiger partial charge is 0.379 e. The molecule has 0 aromatic rings. The maximum atomic E-state index is 6.03. The summed E-state index contributed by atoms with van der Waals surface area (Å²) in [7, 11) is 0. The van der Waals surface area contributed by atoms with Crippen molar-refractivity contribution in [1.82, 2.24) is 0 Å². The molecule has 0 aliphatic heterocycles. The monoisotopic (exact) mass is 618 g/mol. The van der Waals surface area contributed by atoms with Crippen LogP contribution in [0.25, 0.3) is 0 Å². The van der Waals surface area contributed by atoms with Crippen LogP contribution in [0.2, 0.25) is 0 Å². The van der Waals surface area contributed by atoms with E-state index in [2.05, 4.69) is 30.1 Å². The van der Waals surface area contributed by atoms with E-state index in [1.807, 2.05) is 0 Å². The van der Waals surface area contributed by atoms with Crippen LogP contribution >= 0.6 is 16.3 Å². The molecular formula is C35H71BrO3. The van der Waals surface area contributed by atoms with Crippen molar-refractivity contribution in [3.8, 4) is 0 Å². The minimum absolute atomic E-state index is 0.0398. The lowest BCUT2D eigenvalue weighted by molar-refractivity contribution is -0.0346. The van der Waals surface area contributed by atoms with E-state index in [1.165, 1.54) is 173 Å². The summed E-state index contributed by atoms with van der Waals surface area (Å²) >= 11 is 3.09. The molecule has 0 rings (SSSR count). The average molecular weight is 620 g/mol. The van der Waals surface area contributed by atoms with Gasteiger partial charge in [0.15, 0.2) is 0 Å². The lowest BCUT2D eigenvalue weighted by atomic mass is 10.0. The van der Waals surface area contributed by atoms with Gasteiger partial charge in [0.2, 0.25) is 0 Å². The van der Waals surface area contributed by atoms with Crippen LogP contribution in [0.3, 0.4) is 0 Å². The van der Waals surface area contributed by atoms with Crippen molar-refractivity contribution < 1.29 is 13.3 Å². The maximum absolute atomic E-state index is 6.03. The molecule has 0 saturated carbocycles. The molecule has 0 saturated heterocycles. The van der Waals surface area contributed by atoms with Crippen molar-refractivity contribution >= 4 is 16.3 Å². The van der Waals surface area contributed by atoms with E-state index in [0.717, 1.165) is 19.6 Å². The highest BCUT2D eigenvalue weighted by atomic mass is 79.9. The minimum atomic E-state index is 0.0398. The van der Waals surface area contributed by atoms with Gasteiger partial charge < -0.3 is 13.3 Å². The summed E-state index contributed by atoms with van der Waals surface area (Å²) in [5.41, 5.74) is 0. The molecule has 0 radical (unpaired) electrons. The maximum Gasteiger partial charge on any atom is 0.105 e. The number of unbranched alkanes of at least 4 members (excludes halogenated alkanes) is 26. The van der Waals surface area contributed by atoms with E-state index in [-0.39, 0.29) is 6.10 Å². The predicted octanol–water partition coefficient (Wildman–Crippen LogP) is 12.7. The number of hydrogen-bond acceptors (Lipinski definition) is 3. The lowest BCUT2D eigenvalue weighted by Gasteiger charge is -2.16. The molecule has 0 fully saturated rings. The van der Waals surface area contributed by atoms with Crippen LogP contribution in [0.5, 0.6) is 0 Å². The number of rotatable bonds is 35. The van der Waals surface area contributed by atoms with Gasteiger partial charge in [-0.05, 0) is 12.8 Å². The Bertz CT molecular complexity index is 421. The van der Waals surface area contributed by atoms with E-state index < -0.39 is 0 Å². The summed E-state index contributed by atoms with van der Waals surface area (Å²) in [6, 6.07) is 0. The summed E-state index contributed by atoms with van der Waals surface area (Å²) in [5.74, 6) is 0. The lowest BCUT2D eigenvalue weighted by Crippen LogP contribution is -2.25. The van der Waals surface area contributed by atoms with Crippen molar-refractivity contribution in [2.75, 3.05) is 26.4 Å². The number of halogens is 1. The summed E-state index contributed by atoms with van der Waals surface area (Å²) in [5, 5.41) is 0. The second-order valence-corrected chi connectivity index (χ2v) is 12.5. The van der Waals surface area contributed by atoms with Gasteiger partial charge in [-0.3, -0.25) is 0 Å². The first kappa shape index (κ1) is 39.4. The van der Waals surface area contributed by atoms with E-state index in [0.29, 0.717) is 13.2 Å². The van der Waals surface area contributed by atoms with E-state index in [9.17, 15) is 0 Å². The smallest absolute Gasteiger partial charge is 0.105 e. The molecule has 1 atom stereocenters. The van der Waals surface area contributed by atoms with Crippen LogP contribution in [0, 0.1) is 0 Å². The first-order valence-corrected chi connectivity index (χ1v) is 18.4. The summed E-state index contributed by atoms with van der Waals surface area (Å²) in [6.45, 7) is 7.45. The molecule has 0 aliphatic rings. The fourth-order valence-electron chi connectivity index (χ4n) is 5.37. The Morgan fingerprint density at radius 3 is 1.03 bits per heavy atom. The quantitative estimate of drug-likeness (QED) is 0.0661. The molecule has 0 heterocycles. The Kier molecular flexibility index (Phi) is 36.7. The van der Waals surface area contributed by atoms with Crippen molar-refractivity contribution in [3.05, 3.63) is 0 Å². The van der Waals surface area contributed by atoms with Crippen LogP contribution in [-0.2, 0) is 13.3 Å². The Hall–Kier alpha value is 0.360. The molecule has 0 amide bonds. The second kappa shape index (κ2) is 36.4. The highest BCUT2D eigenvalue weighted by molar-refractivity contribution is 9.06. The molecule has 0 bridgehead atoms. The molecule has 39 heavy (non-hydrogen) atoms. The van der Waals surface area contributed by atoms with Crippen molar-refractivity contribution in [2.45, 2.75) is 200 Å². The van der Waals surface area contributed by atoms with Gasteiger partial charge >= 0.3 is 0 Å². The third kappa shape index (κ3) is 34.5. The molecule has 4 heteroatoms. The third-order valence-corrected chi connectivity index (χ3v) is 8.31. The molecule has 0 spiro atoms. The van der Waals surface area contributed by atoms with Gasteiger partial charge in [-0.15, -0.1) is 0 Å². The summed E-state index contributed by atoms with van der Waals surface area (Å²) in [6.07, 6.45) is 38.9. The Labute approximate surface area is 255 Å². The Morgan fingerprint density at radius 1 is 0.385 bits per heavy atom. The highest BCUT2D eigenvalue weighted by Crippen LogP contribution is 2.14. The minimum Gasteiger partial charge on any atom is -0.379 e. The zero-order valence-electron chi connectivity index (χ0n) is 26.8. The second-order valence-electron chi connectivity index (χ2n) is 12.0. The highest BCUT2D eigenvalue weighted by Gasteiger charge is 2.09. The van der Waals surface area contributed by atoms with Gasteiger partial charge in [-0.25, -0.2) is 0 Å². The van der Waals surface area contributed by atoms with Crippen LogP contribution in [-0.4, -0.2) is 32.5 Å². The molecule has 0 aliphatic carbocycles. The van der Waals surface area contributed by atoms with Gasteiger partial charge in [0, 0.05) is 13.2 Å². The Balaban J connectivity index is 3.35. The van der Waals surface area contributed by atoms with Crippen molar-refractivity contribution in [3.63, 3.8) is 0 Å². The van der Waals surface area contributed by atoms with Crippen molar-refractivity contribution in [2.24, 2.45) is 0 Å². The van der Waals surface area contributed by atoms with Crippen LogP contribution in [0.15, 0.2) is 0 Å². The first-order valence-electron chi connectivity index (χ1n) is 17.8. The number of hydrogen-bond donors (Lipinski definition) is 0. The third-order valence-electron chi connectivity index (χ3n) is 8.05. The topological polar surface area (TPSA) is 27.7 Å². The Morgan fingerprint density at radius 2 is 0.692 bits per heavy atom. The van der Waals surface area contributed by atoms with E-state index in [4.69, 9.17) is 13.3 Å². The zero-order chi connectivity index (χ0) is 28.3. The standard InChI is InChI=1S/C35H71BrO3/c1-3-5-7-9-11-13-15-17-19-21-23-25-27-29-31-37-33-35(34-39-36)38-32-30-28-26-24-22-20-18-16-14-12-10-8-6-4-2/h35H,3-34H2,1-2H3. The summed E-state index contributed by atoms with van der Waals surface area (Å²) in [4.78, 5) is 0. The zero-order valence-corrected chi connectivity index (χ0v) is 28.4.